The summed E-state index contributed by atoms with van der Waals surface area (Å²) in [6.45, 7) is 6.67. The van der Waals surface area contributed by atoms with Gasteiger partial charge in [-0.05, 0) is 31.5 Å². The van der Waals surface area contributed by atoms with Crippen LogP contribution in [0.2, 0.25) is 0 Å². The second-order valence-corrected chi connectivity index (χ2v) is 4.11. The third kappa shape index (κ3) is 3.13. The normalized spacial score (nSPS) is 10.8. The van der Waals surface area contributed by atoms with E-state index in [1.54, 1.807) is 6.20 Å². The van der Waals surface area contributed by atoms with E-state index in [1.807, 2.05) is 16.8 Å². The highest BCUT2D eigenvalue weighted by molar-refractivity contribution is 5.10. The van der Waals surface area contributed by atoms with E-state index in [0.717, 1.165) is 37.4 Å². The molecule has 0 spiro atoms. The molecule has 5 nitrogen and oxygen atoms in total. The molecule has 0 bridgehead atoms. The third-order valence-electron chi connectivity index (χ3n) is 2.82. The number of aryl methyl sites for hydroxylation is 2. The summed E-state index contributed by atoms with van der Waals surface area (Å²) >= 11 is 0. The van der Waals surface area contributed by atoms with Crippen molar-refractivity contribution in [3.8, 4) is 0 Å². The molecule has 0 amide bonds. The Balaban J connectivity index is 1.92. The lowest BCUT2D eigenvalue weighted by Gasteiger charge is -2.05. The summed E-state index contributed by atoms with van der Waals surface area (Å²) in [7, 11) is 0. The summed E-state index contributed by atoms with van der Waals surface area (Å²) in [5, 5.41) is 15.8. The van der Waals surface area contributed by atoms with Gasteiger partial charge >= 0.3 is 0 Å². The second kappa shape index (κ2) is 6.26. The van der Waals surface area contributed by atoms with E-state index < -0.39 is 0 Å². The smallest absolute Gasteiger partial charge is 0.0769 e. The Labute approximate surface area is 107 Å². The lowest BCUT2D eigenvalue weighted by Crippen LogP contribution is -2.17. The summed E-state index contributed by atoms with van der Waals surface area (Å²) in [6.07, 6.45) is 2.66. The minimum absolute atomic E-state index is 0.726. The van der Waals surface area contributed by atoms with Crippen molar-refractivity contribution in [1.82, 2.24) is 25.3 Å². The van der Waals surface area contributed by atoms with Gasteiger partial charge in [0.1, 0.15) is 0 Å². The van der Waals surface area contributed by atoms with Gasteiger partial charge in [0.15, 0.2) is 0 Å². The van der Waals surface area contributed by atoms with Gasteiger partial charge in [0, 0.05) is 25.8 Å². The molecule has 2 aromatic heterocycles. The van der Waals surface area contributed by atoms with E-state index in [0.29, 0.717) is 0 Å². The molecule has 2 aromatic rings. The minimum Gasteiger partial charge on any atom is -0.305 e. The zero-order chi connectivity index (χ0) is 12.8. The number of nitrogens with one attached hydrogen (secondary N) is 1. The zero-order valence-corrected chi connectivity index (χ0v) is 10.9. The Kier molecular flexibility index (Phi) is 4.41. The van der Waals surface area contributed by atoms with Crippen LogP contribution in [0.25, 0.3) is 0 Å². The lowest BCUT2D eigenvalue weighted by atomic mass is 10.3. The molecule has 0 aliphatic carbocycles. The van der Waals surface area contributed by atoms with Gasteiger partial charge in [-0.15, -0.1) is 0 Å². The molecule has 0 unspecified atom stereocenters. The summed E-state index contributed by atoms with van der Waals surface area (Å²) in [5.41, 5.74) is 3.32. The van der Waals surface area contributed by atoms with E-state index in [2.05, 4.69) is 40.5 Å². The fourth-order valence-corrected chi connectivity index (χ4v) is 1.85. The van der Waals surface area contributed by atoms with Crippen molar-refractivity contribution in [3.05, 3.63) is 41.5 Å². The molecule has 0 saturated carbocycles. The van der Waals surface area contributed by atoms with E-state index in [4.69, 9.17) is 0 Å². The molecule has 0 aliphatic rings. The highest BCUT2D eigenvalue weighted by atomic mass is 15.3. The van der Waals surface area contributed by atoms with Crippen LogP contribution < -0.4 is 5.32 Å². The molecule has 0 radical (unpaired) electrons. The van der Waals surface area contributed by atoms with Gasteiger partial charge < -0.3 is 5.32 Å². The zero-order valence-electron chi connectivity index (χ0n) is 10.9. The molecule has 0 atom stereocenters. The van der Waals surface area contributed by atoms with E-state index in [-0.39, 0.29) is 0 Å². The van der Waals surface area contributed by atoms with Crippen LogP contribution in [-0.4, -0.2) is 20.0 Å². The van der Waals surface area contributed by atoms with Crippen molar-refractivity contribution < 1.29 is 0 Å². The fraction of sp³-hybridized carbons (Fsp3) is 0.462. The maximum atomic E-state index is 4.52. The van der Waals surface area contributed by atoms with Gasteiger partial charge in [-0.25, -0.2) is 0 Å². The molecule has 18 heavy (non-hydrogen) atoms. The molecule has 96 valence electrons. The standard InChI is InChI=1S/C13H19N5/c1-3-11-8-13(18(4-2)17-11)10-14-9-12-6-5-7-15-16-12/h5-8,14H,3-4,9-10H2,1-2H3. The Morgan fingerprint density at radius 2 is 2.11 bits per heavy atom. The number of rotatable bonds is 6. The Hall–Kier alpha value is -1.75. The van der Waals surface area contributed by atoms with Gasteiger partial charge in [0.2, 0.25) is 0 Å². The number of nitrogens with zero attached hydrogens (tertiary/aromatic N) is 4. The van der Waals surface area contributed by atoms with E-state index in [9.17, 15) is 0 Å². The average molecular weight is 245 g/mol. The molecule has 0 fully saturated rings. The molecule has 0 aliphatic heterocycles. The van der Waals surface area contributed by atoms with Crippen LogP contribution in [0.15, 0.2) is 24.4 Å². The van der Waals surface area contributed by atoms with E-state index in [1.165, 1.54) is 5.69 Å². The predicted molar refractivity (Wildman–Crippen MR) is 69.9 cm³/mol. The van der Waals surface area contributed by atoms with Crippen LogP contribution in [0.3, 0.4) is 0 Å². The summed E-state index contributed by atoms with van der Waals surface area (Å²) < 4.78 is 2.04. The van der Waals surface area contributed by atoms with Gasteiger partial charge in [-0.2, -0.15) is 15.3 Å². The summed E-state index contributed by atoms with van der Waals surface area (Å²) in [5.74, 6) is 0. The predicted octanol–water partition coefficient (Wildman–Crippen LogP) is 1.55. The Morgan fingerprint density at radius 3 is 2.78 bits per heavy atom. The minimum atomic E-state index is 0.726. The van der Waals surface area contributed by atoms with Crippen molar-refractivity contribution in [3.63, 3.8) is 0 Å². The number of aromatic nitrogens is 4. The van der Waals surface area contributed by atoms with Crippen molar-refractivity contribution in [2.45, 2.75) is 39.9 Å². The fourth-order valence-electron chi connectivity index (χ4n) is 1.85. The third-order valence-corrected chi connectivity index (χ3v) is 2.82. The first kappa shape index (κ1) is 12.7. The van der Waals surface area contributed by atoms with Gasteiger partial charge in [-0.1, -0.05) is 6.92 Å². The molecule has 1 N–H and O–H groups in total. The highest BCUT2D eigenvalue weighted by Gasteiger charge is 2.05. The van der Waals surface area contributed by atoms with Crippen LogP contribution in [-0.2, 0) is 26.1 Å². The Morgan fingerprint density at radius 1 is 1.22 bits per heavy atom. The summed E-state index contributed by atoms with van der Waals surface area (Å²) in [6, 6.07) is 6.03. The van der Waals surface area contributed by atoms with Crippen molar-refractivity contribution in [2.24, 2.45) is 0 Å². The summed E-state index contributed by atoms with van der Waals surface area (Å²) in [4.78, 5) is 0. The Bertz CT molecular complexity index is 477. The maximum Gasteiger partial charge on any atom is 0.0769 e. The number of hydrogen-bond acceptors (Lipinski definition) is 4. The van der Waals surface area contributed by atoms with Gasteiger partial charge in [0.25, 0.3) is 0 Å². The maximum absolute atomic E-state index is 4.52. The first-order valence-electron chi connectivity index (χ1n) is 6.36. The monoisotopic (exact) mass is 245 g/mol. The average Bonchev–Trinajstić information content (AvgIpc) is 2.82. The first-order valence-corrected chi connectivity index (χ1v) is 6.36. The first-order chi connectivity index (χ1) is 8.83. The topological polar surface area (TPSA) is 55.6 Å². The molecular weight excluding hydrogens is 226 g/mol. The van der Waals surface area contributed by atoms with Crippen molar-refractivity contribution in [2.75, 3.05) is 0 Å². The van der Waals surface area contributed by atoms with Crippen LogP contribution in [0.5, 0.6) is 0 Å². The molecule has 5 heteroatoms. The number of hydrogen-bond donors (Lipinski definition) is 1. The van der Waals surface area contributed by atoms with Crippen LogP contribution in [0.1, 0.15) is 30.9 Å². The molecule has 0 aromatic carbocycles. The highest BCUT2D eigenvalue weighted by Crippen LogP contribution is 2.05. The largest absolute Gasteiger partial charge is 0.305 e. The molecule has 0 saturated heterocycles. The van der Waals surface area contributed by atoms with Gasteiger partial charge in [-0.3, -0.25) is 4.68 Å². The van der Waals surface area contributed by atoms with Gasteiger partial charge in [0.05, 0.1) is 17.1 Å². The quantitative estimate of drug-likeness (QED) is 0.839. The molecule has 2 heterocycles. The van der Waals surface area contributed by atoms with Crippen molar-refractivity contribution in [1.29, 1.82) is 0 Å². The van der Waals surface area contributed by atoms with Crippen LogP contribution in [0, 0.1) is 0 Å². The lowest BCUT2D eigenvalue weighted by molar-refractivity contribution is 0.573. The molecular formula is C13H19N5. The van der Waals surface area contributed by atoms with Crippen LogP contribution >= 0.6 is 0 Å². The van der Waals surface area contributed by atoms with Crippen LogP contribution in [0.4, 0.5) is 0 Å². The SMILES string of the molecule is CCc1cc(CNCc2cccnn2)n(CC)n1. The second-order valence-electron chi connectivity index (χ2n) is 4.11. The van der Waals surface area contributed by atoms with E-state index >= 15 is 0 Å². The van der Waals surface area contributed by atoms with Crippen molar-refractivity contribution >= 4 is 0 Å². The molecule has 2 rings (SSSR count).